The van der Waals surface area contributed by atoms with E-state index in [0.29, 0.717) is 49.4 Å². The highest BCUT2D eigenvalue weighted by Crippen LogP contribution is 2.41. The first-order valence-corrected chi connectivity index (χ1v) is 11.2. The fraction of sp³-hybridized carbons (Fsp3) is 0.423. The third-order valence-corrected chi connectivity index (χ3v) is 6.85. The van der Waals surface area contributed by atoms with Crippen molar-refractivity contribution in [1.82, 2.24) is 10.1 Å². The zero-order valence-electron chi connectivity index (χ0n) is 19.1. The molecule has 0 unspecified atom stereocenters. The second-order valence-corrected chi connectivity index (χ2v) is 9.49. The summed E-state index contributed by atoms with van der Waals surface area (Å²) in [6.45, 7) is 9.13. The Balaban J connectivity index is 1.30. The lowest BCUT2D eigenvalue weighted by molar-refractivity contribution is -0.134. The van der Waals surface area contributed by atoms with Crippen LogP contribution in [0.15, 0.2) is 28.8 Å². The van der Waals surface area contributed by atoms with E-state index in [9.17, 15) is 9.59 Å². The Morgan fingerprint density at radius 1 is 1.03 bits per heavy atom. The summed E-state index contributed by atoms with van der Waals surface area (Å²) >= 11 is 0. The van der Waals surface area contributed by atoms with Crippen LogP contribution in [-0.2, 0) is 11.2 Å². The molecule has 2 aromatic carbocycles. The normalized spacial score (nSPS) is 17.5. The summed E-state index contributed by atoms with van der Waals surface area (Å²) in [5.41, 5.74) is 5.82. The van der Waals surface area contributed by atoms with Crippen LogP contribution in [0.5, 0.6) is 5.75 Å². The minimum absolute atomic E-state index is 0.0310. The molecule has 0 saturated carbocycles. The highest BCUT2D eigenvalue weighted by Gasteiger charge is 2.44. The molecule has 0 aliphatic carbocycles. The van der Waals surface area contributed by atoms with Gasteiger partial charge >= 0.3 is 0 Å². The number of Topliss-reactive ketones (excluding diaryl/α,β-unsaturated/α-hetero) is 1. The lowest BCUT2D eigenvalue weighted by atomic mass is 9.81. The Kier molecular flexibility index (Phi) is 4.84. The molecule has 1 aromatic heterocycles. The molecule has 6 heteroatoms. The van der Waals surface area contributed by atoms with Crippen LogP contribution in [0.1, 0.15) is 57.6 Å². The molecule has 3 aromatic rings. The Morgan fingerprint density at radius 3 is 2.47 bits per heavy atom. The predicted octanol–water partition coefficient (Wildman–Crippen LogP) is 4.63. The molecule has 166 valence electrons. The zero-order valence-corrected chi connectivity index (χ0v) is 19.1. The van der Waals surface area contributed by atoms with E-state index in [-0.39, 0.29) is 18.1 Å². The molecule has 1 saturated heterocycles. The number of ketones is 1. The van der Waals surface area contributed by atoms with E-state index in [0.717, 1.165) is 33.2 Å². The van der Waals surface area contributed by atoms with Crippen LogP contribution in [0.25, 0.3) is 11.0 Å². The van der Waals surface area contributed by atoms with Gasteiger partial charge in [-0.15, -0.1) is 0 Å². The molecule has 0 N–H and O–H groups in total. The van der Waals surface area contributed by atoms with E-state index in [1.807, 2.05) is 50.8 Å². The van der Waals surface area contributed by atoms with Gasteiger partial charge in [-0.25, -0.2) is 0 Å². The maximum atomic E-state index is 13.0. The number of carbonyl (C=O) groups excluding carboxylic acids is 2. The highest BCUT2D eigenvalue weighted by molar-refractivity contribution is 6.01. The molecule has 5 rings (SSSR count). The minimum atomic E-state index is -0.518. The molecule has 3 heterocycles. The number of hydrogen-bond donors (Lipinski definition) is 0. The molecule has 0 bridgehead atoms. The molecule has 32 heavy (non-hydrogen) atoms. The fourth-order valence-electron chi connectivity index (χ4n) is 5.28. The third-order valence-electron chi connectivity index (χ3n) is 6.85. The van der Waals surface area contributed by atoms with Crippen molar-refractivity contribution < 1.29 is 18.8 Å². The zero-order chi connectivity index (χ0) is 22.6. The van der Waals surface area contributed by atoms with Crippen molar-refractivity contribution in [3.63, 3.8) is 0 Å². The van der Waals surface area contributed by atoms with Crippen LogP contribution >= 0.6 is 0 Å². The van der Waals surface area contributed by atoms with Crippen molar-refractivity contribution in [2.45, 2.75) is 59.0 Å². The number of fused-ring (bicyclic) bond motifs is 2. The predicted molar refractivity (Wildman–Crippen MR) is 121 cm³/mol. The summed E-state index contributed by atoms with van der Waals surface area (Å²) < 4.78 is 11.9. The number of carbonyl (C=O) groups is 2. The largest absolute Gasteiger partial charge is 0.486 e. The van der Waals surface area contributed by atoms with Crippen LogP contribution in [0.2, 0.25) is 0 Å². The molecule has 1 amide bonds. The van der Waals surface area contributed by atoms with Gasteiger partial charge in [0.25, 0.3) is 0 Å². The third kappa shape index (κ3) is 3.48. The number of rotatable bonds is 2. The summed E-state index contributed by atoms with van der Waals surface area (Å²) in [5, 5.41) is 5.09. The monoisotopic (exact) mass is 432 g/mol. The van der Waals surface area contributed by atoms with Crippen molar-refractivity contribution >= 4 is 22.7 Å². The Morgan fingerprint density at radius 2 is 1.72 bits per heavy atom. The number of aryl methyl sites for hydroxylation is 4. The van der Waals surface area contributed by atoms with Crippen LogP contribution < -0.4 is 4.74 Å². The second-order valence-electron chi connectivity index (χ2n) is 9.49. The Labute approximate surface area is 187 Å². The van der Waals surface area contributed by atoms with Crippen LogP contribution in [0.4, 0.5) is 0 Å². The minimum Gasteiger partial charge on any atom is -0.486 e. The van der Waals surface area contributed by atoms with Gasteiger partial charge in [-0.1, -0.05) is 17.3 Å². The van der Waals surface area contributed by atoms with Gasteiger partial charge in [0.15, 0.2) is 11.4 Å². The fourth-order valence-corrected chi connectivity index (χ4v) is 5.28. The van der Waals surface area contributed by atoms with Crippen molar-refractivity contribution in [3.05, 3.63) is 57.8 Å². The molecule has 2 aliphatic rings. The number of piperidine rings is 1. The molecule has 0 radical (unpaired) electrons. The number of hydrogen-bond acceptors (Lipinski definition) is 5. The van der Waals surface area contributed by atoms with Gasteiger partial charge in [-0.05, 0) is 62.1 Å². The quantitative estimate of drug-likeness (QED) is 0.590. The average molecular weight is 433 g/mol. The maximum Gasteiger partial charge on any atom is 0.228 e. The Hall–Kier alpha value is -3.15. The smallest absolute Gasteiger partial charge is 0.228 e. The first kappa shape index (κ1) is 20.7. The molecule has 6 nitrogen and oxygen atoms in total. The highest BCUT2D eigenvalue weighted by atomic mass is 16.5. The molecule has 1 spiro atoms. The van der Waals surface area contributed by atoms with Crippen molar-refractivity contribution in [1.29, 1.82) is 0 Å². The first-order valence-electron chi connectivity index (χ1n) is 11.2. The van der Waals surface area contributed by atoms with Crippen molar-refractivity contribution in [2.24, 2.45) is 0 Å². The maximum absolute atomic E-state index is 13.0. The van der Waals surface area contributed by atoms with Gasteiger partial charge in [0, 0.05) is 31.3 Å². The lowest BCUT2D eigenvalue weighted by Gasteiger charge is -2.44. The van der Waals surface area contributed by atoms with Gasteiger partial charge in [0.2, 0.25) is 5.91 Å². The summed E-state index contributed by atoms with van der Waals surface area (Å²) in [6, 6.07) is 8.06. The molecule has 0 atom stereocenters. The van der Waals surface area contributed by atoms with Gasteiger partial charge in [0.1, 0.15) is 17.0 Å². The van der Waals surface area contributed by atoms with Gasteiger partial charge in [-0.3, -0.25) is 9.59 Å². The van der Waals surface area contributed by atoms with Gasteiger partial charge in [-0.2, -0.15) is 0 Å². The lowest BCUT2D eigenvalue weighted by Crippen LogP contribution is -2.52. The van der Waals surface area contributed by atoms with Crippen molar-refractivity contribution in [2.75, 3.05) is 13.1 Å². The summed E-state index contributed by atoms with van der Waals surface area (Å²) in [7, 11) is 0. The Bertz CT molecular complexity index is 1250. The average Bonchev–Trinajstić information content (AvgIpc) is 3.10. The standard InChI is InChI=1S/C26H28N2O4/c1-15-10-18(4)25-19(11-15)20(27-32-25)13-23(30)28-7-5-26(6-8-28)14-21(29)24-17(3)9-16(2)12-22(24)31-26/h9-12H,5-8,13-14H2,1-4H3. The number of aromatic nitrogens is 1. The summed E-state index contributed by atoms with van der Waals surface area (Å²) in [4.78, 5) is 27.8. The van der Waals surface area contributed by atoms with E-state index in [1.54, 1.807) is 0 Å². The number of ether oxygens (including phenoxy) is 1. The summed E-state index contributed by atoms with van der Waals surface area (Å²) in [6.07, 6.45) is 1.88. The van der Waals surface area contributed by atoms with E-state index < -0.39 is 5.60 Å². The first-order chi connectivity index (χ1) is 15.2. The van der Waals surface area contributed by atoms with E-state index in [1.165, 1.54) is 0 Å². The SMILES string of the molecule is Cc1cc(C)c2c(c1)OC1(CCN(C(=O)Cc3noc4c(C)cc(C)cc34)CC1)CC2=O. The van der Waals surface area contributed by atoms with Gasteiger partial charge in [0.05, 0.1) is 18.4 Å². The molecule has 2 aliphatic heterocycles. The van der Waals surface area contributed by atoms with Crippen LogP contribution in [0.3, 0.4) is 0 Å². The topological polar surface area (TPSA) is 72.6 Å². The summed E-state index contributed by atoms with van der Waals surface area (Å²) in [5.74, 6) is 0.866. The van der Waals surface area contributed by atoms with Crippen LogP contribution in [0, 0.1) is 27.7 Å². The van der Waals surface area contributed by atoms with E-state index in [4.69, 9.17) is 9.26 Å². The van der Waals surface area contributed by atoms with Crippen LogP contribution in [-0.4, -0.2) is 40.4 Å². The number of benzene rings is 2. The number of likely N-dealkylation sites (tertiary alicyclic amines) is 1. The van der Waals surface area contributed by atoms with E-state index >= 15 is 0 Å². The molecule has 1 fully saturated rings. The van der Waals surface area contributed by atoms with E-state index in [2.05, 4.69) is 11.2 Å². The number of amides is 1. The molecular formula is C26H28N2O4. The molecular weight excluding hydrogens is 404 g/mol. The van der Waals surface area contributed by atoms with Gasteiger partial charge < -0.3 is 14.2 Å². The second kappa shape index (κ2) is 7.47. The van der Waals surface area contributed by atoms with Crippen molar-refractivity contribution in [3.8, 4) is 5.75 Å². The number of nitrogens with zero attached hydrogens (tertiary/aromatic N) is 2.